The molecule has 4 aromatic rings. The van der Waals surface area contributed by atoms with Gasteiger partial charge in [-0.25, -0.2) is 0 Å². The fourth-order valence-electron chi connectivity index (χ4n) is 3.45. The van der Waals surface area contributed by atoms with Crippen LogP contribution >= 0.6 is 17.2 Å². The Kier molecular flexibility index (Phi) is 5.87. The van der Waals surface area contributed by atoms with Crippen molar-refractivity contribution in [3.05, 3.63) is 103 Å². The van der Waals surface area contributed by atoms with Gasteiger partial charge in [0.15, 0.2) is 0 Å². The lowest BCUT2D eigenvalue weighted by Crippen LogP contribution is -2.23. The van der Waals surface area contributed by atoms with Crippen LogP contribution in [0.1, 0.15) is 0 Å². The second-order valence-corrected chi connectivity index (χ2v) is 9.26. The van der Waals surface area contributed by atoms with Crippen molar-refractivity contribution in [2.75, 3.05) is 7.11 Å². The monoisotopic (exact) mass is 400 g/mol. The summed E-state index contributed by atoms with van der Waals surface area (Å²) in [5.74, 6) is 0.909. The Morgan fingerprint density at radius 2 is 1.21 bits per heavy atom. The number of rotatable bonds is 5. The molecule has 1 nitrogen and oxygen atoms in total. The van der Waals surface area contributed by atoms with Gasteiger partial charge >= 0.3 is 0 Å². The van der Waals surface area contributed by atoms with E-state index in [0.29, 0.717) is 0 Å². The molecule has 0 saturated carbocycles. The summed E-state index contributed by atoms with van der Waals surface area (Å²) in [5.41, 5.74) is 2.37. The van der Waals surface area contributed by atoms with Crippen LogP contribution in [-0.4, -0.2) is 7.11 Å². The van der Waals surface area contributed by atoms with E-state index < -0.39 is 7.92 Å². The van der Waals surface area contributed by atoms with Crippen LogP contribution < -0.4 is 26.0 Å². The van der Waals surface area contributed by atoms with E-state index in [1.807, 2.05) is 0 Å². The van der Waals surface area contributed by atoms with Crippen LogP contribution in [0.4, 0.5) is 0 Å². The van der Waals surface area contributed by atoms with E-state index in [0.717, 1.165) is 5.75 Å². The Bertz CT molecular complexity index is 1020. The maximum Gasteiger partial charge on any atom is 0.127 e. The quantitative estimate of drug-likeness (QED) is 0.444. The van der Waals surface area contributed by atoms with Gasteiger partial charge in [0.2, 0.25) is 0 Å². The Balaban J connectivity index is 2.02. The largest absolute Gasteiger partial charge is 0.496 e. The van der Waals surface area contributed by atoms with Crippen molar-refractivity contribution in [2.24, 2.45) is 0 Å². The molecule has 1 atom stereocenters. The molecule has 0 saturated heterocycles. The van der Waals surface area contributed by atoms with Gasteiger partial charge in [-0.05, 0) is 40.8 Å². The van der Waals surface area contributed by atoms with Crippen molar-refractivity contribution in [3.8, 4) is 16.9 Å². The Hall–Kier alpha value is -2.46. The minimum absolute atomic E-state index is 0.714. The molecule has 0 amide bonds. The van der Waals surface area contributed by atoms with E-state index in [-0.39, 0.29) is 0 Å². The first-order valence-corrected chi connectivity index (χ1v) is 11.1. The minimum Gasteiger partial charge on any atom is -0.496 e. The average Bonchev–Trinajstić information content (AvgIpc) is 2.76. The average molecular weight is 400 g/mol. The standard InChI is InChI=1S/C25H22OP2/c1-26-22-16-10-18-24(25(22)21-15-8-9-17-23(21)27)28(19-11-4-2-5-12-19)20-13-6-3-7-14-20/h2-18H,27H2,1H3. The number of hydrogen-bond acceptors (Lipinski definition) is 1. The van der Waals surface area contributed by atoms with Crippen molar-refractivity contribution >= 4 is 38.4 Å². The Labute approximate surface area is 170 Å². The summed E-state index contributed by atoms with van der Waals surface area (Å²) < 4.78 is 5.82. The molecular formula is C25H22OP2. The molecule has 0 aliphatic heterocycles. The first kappa shape index (κ1) is 18.9. The van der Waals surface area contributed by atoms with E-state index in [2.05, 4.69) is 112 Å². The fourth-order valence-corrected chi connectivity index (χ4v) is 6.29. The SMILES string of the molecule is COc1cccc(P(c2ccccc2)c2ccccc2)c1-c1ccccc1P. The highest BCUT2D eigenvalue weighted by Gasteiger charge is 2.23. The van der Waals surface area contributed by atoms with Gasteiger partial charge in [-0.2, -0.15) is 0 Å². The van der Waals surface area contributed by atoms with Crippen LogP contribution in [0.5, 0.6) is 5.75 Å². The molecule has 4 aromatic carbocycles. The highest BCUT2D eigenvalue weighted by atomic mass is 31.1. The maximum atomic E-state index is 5.82. The second kappa shape index (κ2) is 8.70. The summed E-state index contributed by atoms with van der Waals surface area (Å²) in [6.07, 6.45) is 0. The molecule has 0 aliphatic rings. The highest BCUT2D eigenvalue weighted by molar-refractivity contribution is 7.80. The summed E-state index contributed by atoms with van der Waals surface area (Å²) in [4.78, 5) is 0. The summed E-state index contributed by atoms with van der Waals surface area (Å²) in [6, 6.07) is 36.4. The van der Waals surface area contributed by atoms with E-state index in [9.17, 15) is 0 Å². The predicted octanol–water partition coefficient (Wildman–Crippen LogP) is 4.62. The van der Waals surface area contributed by atoms with Gasteiger partial charge in [0.1, 0.15) is 5.75 Å². The smallest absolute Gasteiger partial charge is 0.127 e. The van der Waals surface area contributed by atoms with E-state index in [1.54, 1.807) is 7.11 Å². The summed E-state index contributed by atoms with van der Waals surface area (Å²) in [6.45, 7) is 0. The Morgan fingerprint density at radius 3 is 1.79 bits per heavy atom. The van der Waals surface area contributed by atoms with Gasteiger partial charge in [0, 0.05) is 5.56 Å². The molecule has 0 spiro atoms. The van der Waals surface area contributed by atoms with Crippen molar-refractivity contribution in [1.82, 2.24) is 0 Å². The topological polar surface area (TPSA) is 9.23 Å². The van der Waals surface area contributed by atoms with Crippen LogP contribution in [-0.2, 0) is 0 Å². The second-order valence-electron chi connectivity index (χ2n) is 6.45. The molecule has 0 aliphatic carbocycles. The molecule has 0 fully saturated rings. The first-order chi connectivity index (χ1) is 13.8. The van der Waals surface area contributed by atoms with Crippen molar-refractivity contribution < 1.29 is 4.74 Å². The molecule has 138 valence electrons. The third kappa shape index (κ3) is 3.74. The molecule has 0 radical (unpaired) electrons. The molecular weight excluding hydrogens is 378 g/mol. The van der Waals surface area contributed by atoms with Crippen LogP contribution in [0, 0.1) is 0 Å². The van der Waals surface area contributed by atoms with Crippen LogP contribution in [0.15, 0.2) is 103 Å². The molecule has 28 heavy (non-hydrogen) atoms. The zero-order chi connectivity index (χ0) is 19.3. The molecule has 0 bridgehead atoms. The van der Waals surface area contributed by atoms with Gasteiger partial charge < -0.3 is 4.74 Å². The molecule has 3 heteroatoms. The number of methoxy groups -OCH3 is 1. The zero-order valence-corrected chi connectivity index (χ0v) is 17.8. The molecule has 0 N–H and O–H groups in total. The normalized spacial score (nSPS) is 10.8. The molecule has 4 rings (SSSR count). The van der Waals surface area contributed by atoms with E-state index in [1.165, 1.54) is 32.3 Å². The number of benzene rings is 4. The van der Waals surface area contributed by atoms with Gasteiger partial charge in [-0.1, -0.05) is 97.1 Å². The minimum atomic E-state index is -0.714. The van der Waals surface area contributed by atoms with Crippen LogP contribution in [0.2, 0.25) is 0 Å². The maximum absolute atomic E-state index is 5.82. The van der Waals surface area contributed by atoms with Crippen LogP contribution in [0.25, 0.3) is 11.1 Å². The Morgan fingerprint density at radius 1 is 0.643 bits per heavy atom. The summed E-state index contributed by atoms with van der Waals surface area (Å²) >= 11 is 0. The summed E-state index contributed by atoms with van der Waals surface area (Å²) in [5, 5.41) is 5.14. The summed E-state index contributed by atoms with van der Waals surface area (Å²) in [7, 11) is 3.90. The van der Waals surface area contributed by atoms with E-state index in [4.69, 9.17) is 4.74 Å². The number of hydrogen-bond donors (Lipinski definition) is 0. The zero-order valence-electron chi connectivity index (χ0n) is 15.7. The third-order valence-electron chi connectivity index (χ3n) is 4.72. The fraction of sp³-hybridized carbons (Fsp3) is 0.0400. The number of ether oxygens (including phenoxy) is 1. The van der Waals surface area contributed by atoms with Crippen molar-refractivity contribution in [2.45, 2.75) is 0 Å². The third-order valence-corrected chi connectivity index (χ3v) is 7.71. The lowest BCUT2D eigenvalue weighted by atomic mass is 10.0. The lowest BCUT2D eigenvalue weighted by Gasteiger charge is -2.24. The predicted molar refractivity (Wildman–Crippen MR) is 126 cm³/mol. The molecule has 1 unspecified atom stereocenters. The lowest BCUT2D eigenvalue weighted by molar-refractivity contribution is 0.417. The molecule has 0 aromatic heterocycles. The van der Waals surface area contributed by atoms with Crippen molar-refractivity contribution in [3.63, 3.8) is 0 Å². The van der Waals surface area contributed by atoms with Gasteiger partial charge in [0.25, 0.3) is 0 Å². The van der Waals surface area contributed by atoms with Gasteiger partial charge in [0.05, 0.1) is 7.11 Å². The van der Waals surface area contributed by atoms with Crippen LogP contribution in [0.3, 0.4) is 0 Å². The van der Waals surface area contributed by atoms with Gasteiger partial charge in [-0.15, -0.1) is 9.24 Å². The van der Waals surface area contributed by atoms with E-state index >= 15 is 0 Å². The molecule has 0 heterocycles. The highest BCUT2D eigenvalue weighted by Crippen LogP contribution is 2.40. The van der Waals surface area contributed by atoms with Gasteiger partial charge in [-0.3, -0.25) is 0 Å². The van der Waals surface area contributed by atoms with Crippen molar-refractivity contribution in [1.29, 1.82) is 0 Å². The first-order valence-electron chi connectivity index (χ1n) is 9.21.